The third-order valence-corrected chi connectivity index (χ3v) is 6.30. The van der Waals surface area contributed by atoms with Crippen LogP contribution in [0.4, 0.5) is 16.2 Å². The molecule has 1 saturated heterocycles. The molecular formula is C24H23ClN4O3. The molecule has 8 heteroatoms. The van der Waals surface area contributed by atoms with Crippen molar-refractivity contribution < 1.29 is 14.3 Å². The summed E-state index contributed by atoms with van der Waals surface area (Å²) in [5, 5.41) is 5.39. The van der Waals surface area contributed by atoms with Crippen LogP contribution >= 0.6 is 11.6 Å². The fourth-order valence-corrected chi connectivity index (χ4v) is 4.80. The highest BCUT2D eigenvalue weighted by atomic mass is 35.5. The molecular weight excluding hydrogens is 428 g/mol. The molecule has 0 N–H and O–H groups in total. The minimum Gasteiger partial charge on any atom is -0.444 e. The number of hydrogen-bond donors (Lipinski definition) is 0. The van der Waals surface area contributed by atoms with E-state index in [0.29, 0.717) is 18.1 Å². The number of amides is 2. The third kappa shape index (κ3) is 3.78. The number of hydrazine groups is 1. The van der Waals surface area contributed by atoms with E-state index in [2.05, 4.69) is 9.99 Å². The van der Waals surface area contributed by atoms with Crippen LogP contribution in [0.1, 0.15) is 25.3 Å². The van der Waals surface area contributed by atoms with Gasteiger partial charge in [-0.3, -0.25) is 14.7 Å². The van der Waals surface area contributed by atoms with Crippen LogP contribution in [0.25, 0.3) is 10.9 Å². The van der Waals surface area contributed by atoms with E-state index in [1.54, 1.807) is 29.1 Å². The maximum atomic E-state index is 12.6. The fourth-order valence-electron chi connectivity index (χ4n) is 4.61. The number of nitrogens with zero attached hydrogens (tertiary/aromatic N) is 4. The second-order valence-electron chi connectivity index (χ2n) is 8.09. The second-order valence-corrected chi connectivity index (χ2v) is 8.53. The van der Waals surface area contributed by atoms with Crippen molar-refractivity contribution in [3.63, 3.8) is 0 Å². The average Bonchev–Trinajstić information content (AvgIpc) is 2.80. The van der Waals surface area contributed by atoms with Gasteiger partial charge in [-0.1, -0.05) is 17.7 Å². The van der Waals surface area contributed by atoms with Crippen molar-refractivity contribution in [2.75, 3.05) is 23.0 Å². The summed E-state index contributed by atoms with van der Waals surface area (Å²) in [7, 11) is 0. The zero-order valence-electron chi connectivity index (χ0n) is 17.7. The van der Waals surface area contributed by atoms with Gasteiger partial charge in [0.25, 0.3) is 0 Å². The van der Waals surface area contributed by atoms with Gasteiger partial charge in [-0.05, 0) is 55.3 Å². The highest BCUT2D eigenvalue weighted by molar-refractivity contribution is 6.30. The molecule has 3 aromatic rings. The van der Waals surface area contributed by atoms with Crippen LogP contribution in [-0.2, 0) is 16.1 Å². The number of anilines is 2. The molecule has 0 bridgehead atoms. The smallest absolute Gasteiger partial charge is 0.414 e. The number of aromatic nitrogens is 1. The Hall–Kier alpha value is -3.16. The molecule has 0 spiro atoms. The quantitative estimate of drug-likeness (QED) is 0.574. The highest BCUT2D eigenvalue weighted by Gasteiger charge is 2.36. The van der Waals surface area contributed by atoms with Crippen molar-refractivity contribution >= 4 is 45.9 Å². The lowest BCUT2D eigenvalue weighted by Crippen LogP contribution is -2.54. The number of halogens is 1. The van der Waals surface area contributed by atoms with Crippen molar-refractivity contribution in [1.82, 2.24) is 9.99 Å². The summed E-state index contributed by atoms with van der Waals surface area (Å²) in [5.74, 6) is -0.0518. The van der Waals surface area contributed by atoms with E-state index in [4.69, 9.17) is 16.3 Å². The molecule has 5 rings (SSSR count). The Kier molecular flexibility index (Phi) is 5.45. The molecule has 0 aliphatic carbocycles. The first-order valence-electron chi connectivity index (χ1n) is 10.7. The number of benzene rings is 2. The van der Waals surface area contributed by atoms with Gasteiger partial charge in [0.05, 0.1) is 16.9 Å². The molecule has 2 aliphatic heterocycles. The molecule has 1 aromatic heterocycles. The van der Waals surface area contributed by atoms with E-state index in [-0.39, 0.29) is 24.6 Å². The monoisotopic (exact) mass is 450 g/mol. The number of carbonyl (C=O) groups is 2. The number of piperidine rings is 1. The summed E-state index contributed by atoms with van der Waals surface area (Å²) < 4.78 is 5.39. The minimum atomic E-state index is -0.330. The third-order valence-electron chi connectivity index (χ3n) is 6.07. The van der Waals surface area contributed by atoms with Gasteiger partial charge < -0.3 is 4.74 Å². The van der Waals surface area contributed by atoms with E-state index in [1.165, 1.54) is 0 Å². The number of fused-ring (bicyclic) bond motifs is 2. The summed E-state index contributed by atoms with van der Waals surface area (Å²) in [6.45, 7) is 3.09. The number of cyclic esters (lactones) is 1. The zero-order valence-corrected chi connectivity index (χ0v) is 18.5. The van der Waals surface area contributed by atoms with Crippen molar-refractivity contribution in [2.24, 2.45) is 0 Å². The molecule has 2 aliphatic rings. The predicted octanol–water partition coefficient (Wildman–Crippen LogP) is 4.78. The van der Waals surface area contributed by atoms with Crippen molar-refractivity contribution in [3.05, 3.63) is 65.3 Å². The summed E-state index contributed by atoms with van der Waals surface area (Å²) in [5.41, 5.74) is 3.47. The first-order chi connectivity index (χ1) is 15.5. The number of rotatable bonds is 3. The number of hydrogen-bond acceptors (Lipinski definition) is 5. The molecule has 0 unspecified atom stereocenters. The number of pyridine rings is 1. The van der Waals surface area contributed by atoms with Gasteiger partial charge in [0.2, 0.25) is 5.91 Å². The van der Waals surface area contributed by atoms with Crippen molar-refractivity contribution in [3.8, 4) is 0 Å². The predicted molar refractivity (Wildman–Crippen MR) is 124 cm³/mol. The average molecular weight is 451 g/mol. The molecule has 32 heavy (non-hydrogen) atoms. The van der Waals surface area contributed by atoms with Gasteiger partial charge in [-0.25, -0.2) is 14.8 Å². The van der Waals surface area contributed by atoms with E-state index < -0.39 is 0 Å². The Morgan fingerprint density at radius 2 is 1.97 bits per heavy atom. The fraction of sp³-hybridized carbons (Fsp3) is 0.292. The summed E-state index contributed by atoms with van der Waals surface area (Å²) in [4.78, 5) is 31.3. The molecule has 2 amide bonds. The van der Waals surface area contributed by atoms with Crippen molar-refractivity contribution in [1.29, 1.82) is 0 Å². The van der Waals surface area contributed by atoms with Gasteiger partial charge in [0.15, 0.2) is 0 Å². The maximum Gasteiger partial charge on any atom is 0.414 e. The van der Waals surface area contributed by atoms with Crippen LogP contribution in [-0.4, -0.2) is 41.1 Å². The second kappa shape index (κ2) is 8.41. The van der Waals surface area contributed by atoms with Crippen LogP contribution in [0.15, 0.2) is 54.7 Å². The topological polar surface area (TPSA) is 66.0 Å². The van der Waals surface area contributed by atoms with Gasteiger partial charge in [0.1, 0.15) is 6.61 Å². The molecule has 164 valence electrons. The van der Waals surface area contributed by atoms with Gasteiger partial charge >= 0.3 is 6.09 Å². The Morgan fingerprint density at radius 1 is 1.16 bits per heavy atom. The SMILES string of the molecule is CC(=O)N(c1ccc2ncccc2c1)N1CCC(N2C(=O)OCc3cc(Cl)ccc32)CC1. The van der Waals surface area contributed by atoms with Gasteiger partial charge in [-0.15, -0.1) is 0 Å². The largest absolute Gasteiger partial charge is 0.444 e. The van der Waals surface area contributed by atoms with E-state index >= 15 is 0 Å². The Balaban J connectivity index is 1.36. The maximum absolute atomic E-state index is 12.6. The van der Waals surface area contributed by atoms with Crippen LogP contribution < -0.4 is 9.91 Å². The lowest BCUT2D eigenvalue weighted by atomic mass is 10.0. The van der Waals surface area contributed by atoms with E-state index in [0.717, 1.165) is 40.7 Å². The highest BCUT2D eigenvalue weighted by Crippen LogP contribution is 2.34. The molecule has 0 radical (unpaired) electrons. The summed E-state index contributed by atoms with van der Waals surface area (Å²) in [6, 6.07) is 15.2. The van der Waals surface area contributed by atoms with Crippen LogP contribution in [0, 0.1) is 0 Å². The van der Waals surface area contributed by atoms with Gasteiger partial charge in [0, 0.05) is 48.2 Å². The molecule has 7 nitrogen and oxygen atoms in total. The molecule has 1 fully saturated rings. The molecule has 2 aromatic carbocycles. The molecule has 3 heterocycles. The number of carbonyl (C=O) groups excluding carboxylic acids is 2. The summed E-state index contributed by atoms with van der Waals surface area (Å²) >= 11 is 6.12. The van der Waals surface area contributed by atoms with Crippen molar-refractivity contribution in [2.45, 2.75) is 32.4 Å². The minimum absolute atomic E-state index is 0.00594. The molecule has 0 saturated carbocycles. The Morgan fingerprint density at radius 3 is 2.75 bits per heavy atom. The lowest BCUT2D eigenvalue weighted by Gasteiger charge is -2.43. The normalized spacial score (nSPS) is 17.2. The lowest BCUT2D eigenvalue weighted by molar-refractivity contribution is -0.119. The Bertz CT molecular complexity index is 1190. The standard InChI is InChI=1S/C24H23ClN4O3/c1-16(30)29(21-5-6-22-17(14-21)3-2-10-26-22)27-11-8-20(9-12-27)28-23-7-4-19(25)13-18(23)15-32-24(28)31/h2-7,10,13-14,20H,8-9,11-12,15H2,1H3. The first kappa shape index (κ1) is 20.7. The van der Waals surface area contributed by atoms with Crippen LogP contribution in [0.2, 0.25) is 5.02 Å². The van der Waals surface area contributed by atoms with Gasteiger partial charge in [-0.2, -0.15) is 0 Å². The number of ether oxygens (including phenoxy) is 1. The zero-order chi connectivity index (χ0) is 22.2. The Labute approximate surface area is 191 Å². The van der Waals surface area contributed by atoms with E-state index in [9.17, 15) is 9.59 Å². The molecule has 0 atom stereocenters. The van der Waals surface area contributed by atoms with E-state index in [1.807, 2.05) is 42.5 Å². The van der Waals surface area contributed by atoms with Crippen LogP contribution in [0.3, 0.4) is 0 Å². The first-order valence-corrected chi connectivity index (χ1v) is 11.0. The summed E-state index contributed by atoms with van der Waals surface area (Å²) in [6.07, 6.45) is 2.86. The van der Waals surface area contributed by atoms with Crippen LogP contribution in [0.5, 0.6) is 0 Å².